The molecule has 0 aliphatic heterocycles. The van der Waals surface area contributed by atoms with E-state index < -0.39 is 0 Å². The molecule has 3 rings (SSSR count). The van der Waals surface area contributed by atoms with Gasteiger partial charge in [0.05, 0.1) is 5.56 Å². The molecule has 94 valence electrons. The fourth-order valence-corrected chi connectivity index (χ4v) is 1.80. The lowest BCUT2D eigenvalue weighted by Gasteiger charge is -1.98. The molecule has 0 aliphatic carbocycles. The minimum Gasteiger partial charge on any atom is -0.507 e. The first-order valence-electron chi connectivity index (χ1n) is 5.47. The van der Waals surface area contributed by atoms with Gasteiger partial charge in [0.2, 0.25) is 5.82 Å². The van der Waals surface area contributed by atoms with Crippen molar-refractivity contribution < 1.29 is 9.63 Å². The molecular weight excluding hydrogens is 266 g/mol. The van der Waals surface area contributed by atoms with Crippen LogP contribution in [-0.4, -0.2) is 20.2 Å². The number of phenolic OH excluding ortho intramolecular Hbond substituents is 1. The van der Waals surface area contributed by atoms with Gasteiger partial charge in [0.25, 0.3) is 5.89 Å². The number of hydrogen-bond donors (Lipinski definition) is 1. The Morgan fingerprint density at radius 2 is 2.11 bits per heavy atom. The van der Waals surface area contributed by atoms with Crippen LogP contribution >= 0.6 is 11.6 Å². The fraction of sp³-hybridized carbons (Fsp3) is 0. The fourth-order valence-electron chi connectivity index (χ4n) is 1.63. The van der Waals surface area contributed by atoms with Gasteiger partial charge in [-0.3, -0.25) is 4.98 Å². The normalized spacial score (nSPS) is 10.6. The zero-order valence-corrected chi connectivity index (χ0v) is 10.4. The van der Waals surface area contributed by atoms with Crippen molar-refractivity contribution >= 4 is 11.6 Å². The molecule has 0 bridgehead atoms. The van der Waals surface area contributed by atoms with Crippen LogP contribution in [0, 0.1) is 0 Å². The third kappa shape index (κ3) is 2.28. The second-order valence-electron chi connectivity index (χ2n) is 3.83. The summed E-state index contributed by atoms with van der Waals surface area (Å²) in [6.07, 6.45) is 3.30. The van der Waals surface area contributed by atoms with Crippen molar-refractivity contribution in [2.24, 2.45) is 0 Å². The molecule has 1 N–H and O–H groups in total. The zero-order valence-electron chi connectivity index (χ0n) is 9.62. The number of aromatic nitrogens is 3. The lowest BCUT2D eigenvalue weighted by molar-refractivity contribution is 0.425. The van der Waals surface area contributed by atoms with Crippen LogP contribution in [0.2, 0.25) is 5.02 Å². The van der Waals surface area contributed by atoms with Gasteiger partial charge in [-0.15, -0.1) is 0 Å². The van der Waals surface area contributed by atoms with E-state index in [4.69, 9.17) is 16.1 Å². The van der Waals surface area contributed by atoms with Crippen LogP contribution in [0.3, 0.4) is 0 Å². The lowest BCUT2D eigenvalue weighted by Crippen LogP contribution is -1.82. The van der Waals surface area contributed by atoms with Gasteiger partial charge in [-0.05, 0) is 30.3 Å². The van der Waals surface area contributed by atoms with Crippen LogP contribution in [0.15, 0.2) is 47.2 Å². The van der Waals surface area contributed by atoms with Gasteiger partial charge < -0.3 is 9.63 Å². The summed E-state index contributed by atoms with van der Waals surface area (Å²) in [5.41, 5.74) is 1.18. The van der Waals surface area contributed by atoms with E-state index in [0.717, 1.165) is 5.56 Å². The van der Waals surface area contributed by atoms with Gasteiger partial charge in [-0.2, -0.15) is 4.98 Å². The molecule has 3 aromatic rings. The maximum Gasteiger partial charge on any atom is 0.262 e. The Balaban J connectivity index is 2.02. The van der Waals surface area contributed by atoms with Crippen LogP contribution in [0.25, 0.3) is 22.8 Å². The van der Waals surface area contributed by atoms with Crippen molar-refractivity contribution in [2.75, 3.05) is 0 Å². The van der Waals surface area contributed by atoms with Crippen LogP contribution in [0.1, 0.15) is 0 Å². The summed E-state index contributed by atoms with van der Waals surface area (Å²) in [5.74, 6) is 0.638. The Bertz CT molecular complexity index is 713. The van der Waals surface area contributed by atoms with E-state index in [1.807, 2.05) is 6.07 Å². The Morgan fingerprint density at radius 1 is 1.21 bits per heavy atom. The number of benzene rings is 1. The third-order valence-corrected chi connectivity index (χ3v) is 2.77. The number of rotatable bonds is 2. The standard InChI is InChI=1S/C13H8ClN3O2/c14-9-3-4-10(11(18)6-9)13-16-12(17-19-13)8-2-1-5-15-7-8/h1-7,18H. The summed E-state index contributed by atoms with van der Waals surface area (Å²) >= 11 is 5.77. The number of halogens is 1. The monoisotopic (exact) mass is 273 g/mol. The van der Waals surface area contributed by atoms with E-state index in [-0.39, 0.29) is 11.6 Å². The maximum atomic E-state index is 9.80. The summed E-state index contributed by atoms with van der Waals surface area (Å²) in [6.45, 7) is 0. The molecule has 19 heavy (non-hydrogen) atoms. The molecule has 0 atom stereocenters. The van der Waals surface area contributed by atoms with E-state index in [9.17, 15) is 5.11 Å². The first kappa shape index (κ1) is 11.7. The summed E-state index contributed by atoms with van der Waals surface area (Å²) < 4.78 is 5.13. The smallest absolute Gasteiger partial charge is 0.262 e. The Labute approximate surface area is 113 Å². The highest BCUT2D eigenvalue weighted by molar-refractivity contribution is 6.30. The predicted molar refractivity (Wildman–Crippen MR) is 69.6 cm³/mol. The topological polar surface area (TPSA) is 72.0 Å². The minimum absolute atomic E-state index is 0.00566. The average Bonchev–Trinajstić information content (AvgIpc) is 2.89. The molecule has 0 saturated carbocycles. The van der Waals surface area contributed by atoms with Crippen LogP contribution in [0.5, 0.6) is 5.75 Å². The lowest BCUT2D eigenvalue weighted by atomic mass is 10.2. The summed E-state index contributed by atoms with van der Waals surface area (Å²) in [5, 5.41) is 14.1. The van der Waals surface area contributed by atoms with Crippen molar-refractivity contribution in [3.8, 4) is 28.6 Å². The molecule has 6 heteroatoms. The second-order valence-corrected chi connectivity index (χ2v) is 4.26. The SMILES string of the molecule is Oc1cc(Cl)ccc1-c1nc(-c2cccnc2)no1. The Kier molecular flexibility index (Phi) is 2.89. The third-order valence-electron chi connectivity index (χ3n) is 2.54. The number of aromatic hydroxyl groups is 1. The molecule has 0 radical (unpaired) electrons. The Morgan fingerprint density at radius 3 is 2.84 bits per heavy atom. The number of hydrogen-bond acceptors (Lipinski definition) is 5. The first-order chi connectivity index (χ1) is 9.24. The van der Waals surface area contributed by atoms with Gasteiger partial charge in [0, 0.05) is 23.0 Å². The van der Waals surface area contributed by atoms with Crippen molar-refractivity contribution in [2.45, 2.75) is 0 Å². The van der Waals surface area contributed by atoms with Gasteiger partial charge in [0.1, 0.15) is 5.75 Å². The van der Waals surface area contributed by atoms with Crippen molar-refractivity contribution in [3.05, 3.63) is 47.7 Å². The minimum atomic E-state index is -0.00566. The van der Waals surface area contributed by atoms with E-state index in [1.165, 1.54) is 6.07 Å². The number of phenols is 1. The van der Waals surface area contributed by atoms with Crippen LogP contribution in [-0.2, 0) is 0 Å². The maximum absolute atomic E-state index is 9.80. The highest BCUT2D eigenvalue weighted by Crippen LogP contribution is 2.31. The summed E-state index contributed by atoms with van der Waals surface area (Å²) in [4.78, 5) is 8.20. The van der Waals surface area contributed by atoms with E-state index in [1.54, 1.807) is 30.6 Å². The summed E-state index contributed by atoms with van der Waals surface area (Å²) in [6, 6.07) is 8.29. The number of nitrogens with zero attached hydrogens (tertiary/aromatic N) is 3. The zero-order chi connectivity index (χ0) is 13.2. The van der Waals surface area contributed by atoms with Crippen LogP contribution in [0.4, 0.5) is 0 Å². The number of pyridine rings is 1. The molecule has 0 unspecified atom stereocenters. The van der Waals surface area contributed by atoms with E-state index in [2.05, 4.69) is 15.1 Å². The predicted octanol–water partition coefficient (Wildman–Crippen LogP) is 3.16. The van der Waals surface area contributed by atoms with Crippen molar-refractivity contribution in [1.29, 1.82) is 0 Å². The quantitative estimate of drug-likeness (QED) is 0.776. The highest BCUT2D eigenvalue weighted by atomic mass is 35.5. The van der Waals surface area contributed by atoms with Gasteiger partial charge in [0.15, 0.2) is 0 Å². The molecular formula is C13H8ClN3O2. The van der Waals surface area contributed by atoms with Gasteiger partial charge in [-0.1, -0.05) is 16.8 Å². The average molecular weight is 274 g/mol. The largest absolute Gasteiger partial charge is 0.507 e. The highest BCUT2D eigenvalue weighted by Gasteiger charge is 2.14. The van der Waals surface area contributed by atoms with Gasteiger partial charge >= 0.3 is 0 Å². The van der Waals surface area contributed by atoms with Crippen LogP contribution < -0.4 is 0 Å². The molecule has 0 saturated heterocycles. The van der Waals surface area contributed by atoms with Gasteiger partial charge in [-0.25, -0.2) is 0 Å². The molecule has 0 fully saturated rings. The molecule has 2 aromatic heterocycles. The molecule has 0 aliphatic rings. The van der Waals surface area contributed by atoms with E-state index in [0.29, 0.717) is 16.4 Å². The molecule has 0 spiro atoms. The second kappa shape index (κ2) is 4.70. The van der Waals surface area contributed by atoms with Crippen molar-refractivity contribution in [1.82, 2.24) is 15.1 Å². The van der Waals surface area contributed by atoms with E-state index >= 15 is 0 Å². The first-order valence-corrected chi connectivity index (χ1v) is 5.85. The molecule has 0 amide bonds. The summed E-state index contributed by atoms with van der Waals surface area (Å²) in [7, 11) is 0. The molecule has 5 nitrogen and oxygen atoms in total. The Hall–Kier alpha value is -2.40. The molecule has 2 heterocycles. The molecule has 1 aromatic carbocycles. The van der Waals surface area contributed by atoms with Crippen molar-refractivity contribution in [3.63, 3.8) is 0 Å².